The van der Waals surface area contributed by atoms with Crippen molar-refractivity contribution in [2.24, 2.45) is 0 Å². The van der Waals surface area contributed by atoms with Gasteiger partial charge in [-0.05, 0) is 40.5 Å². The van der Waals surface area contributed by atoms with Crippen molar-refractivity contribution in [3.05, 3.63) is 43.2 Å². The molecule has 104 valence electrons. The molecule has 0 aliphatic carbocycles. The van der Waals surface area contributed by atoms with Crippen molar-refractivity contribution < 1.29 is 0 Å². The third-order valence-corrected chi connectivity index (χ3v) is 5.56. The van der Waals surface area contributed by atoms with Crippen LogP contribution in [-0.2, 0) is 13.1 Å². The third-order valence-electron chi connectivity index (χ3n) is 2.78. The Balaban J connectivity index is 1.75. The van der Waals surface area contributed by atoms with E-state index < -0.39 is 0 Å². The van der Waals surface area contributed by atoms with Gasteiger partial charge in [-0.3, -0.25) is 4.90 Å². The Labute approximate surface area is 138 Å². The summed E-state index contributed by atoms with van der Waals surface area (Å²) in [7, 11) is 2.06. The monoisotopic (exact) mass is 387 g/mol. The van der Waals surface area contributed by atoms with Crippen molar-refractivity contribution in [2.45, 2.75) is 13.1 Å². The summed E-state index contributed by atoms with van der Waals surface area (Å²) >= 11 is 13.0. The van der Waals surface area contributed by atoms with E-state index in [9.17, 15) is 0 Å². The highest BCUT2D eigenvalue weighted by atomic mass is 79.9. The largest absolute Gasteiger partial charge is 0.294 e. The van der Waals surface area contributed by atoms with Crippen LogP contribution >= 0.6 is 50.2 Å². The predicted octanol–water partition coefficient (Wildman–Crippen LogP) is 4.80. The standard InChI is InChI=1S/C13H11BrClN3S2/c1-18(5-9-4-8(14)7-20-9)6-11-16-12(15)10-2-3-19-13(10)17-11/h2-4,7H,5-6H2,1H3. The van der Waals surface area contributed by atoms with Gasteiger partial charge in [0, 0.05) is 26.7 Å². The Morgan fingerprint density at radius 2 is 2.15 bits per heavy atom. The minimum atomic E-state index is 0.540. The predicted molar refractivity (Wildman–Crippen MR) is 89.6 cm³/mol. The molecule has 20 heavy (non-hydrogen) atoms. The smallest absolute Gasteiger partial charge is 0.145 e. The summed E-state index contributed by atoms with van der Waals surface area (Å²) in [6, 6.07) is 4.09. The highest BCUT2D eigenvalue weighted by Gasteiger charge is 2.10. The molecule has 0 N–H and O–H groups in total. The van der Waals surface area contributed by atoms with Crippen LogP contribution in [0.2, 0.25) is 5.15 Å². The van der Waals surface area contributed by atoms with Crippen molar-refractivity contribution in [1.82, 2.24) is 14.9 Å². The number of aromatic nitrogens is 2. The Kier molecular flexibility index (Phi) is 4.37. The summed E-state index contributed by atoms with van der Waals surface area (Å²) in [5, 5.41) is 5.56. The van der Waals surface area contributed by atoms with Crippen LogP contribution < -0.4 is 0 Å². The van der Waals surface area contributed by atoms with Gasteiger partial charge in [0.05, 0.1) is 6.54 Å². The van der Waals surface area contributed by atoms with E-state index in [1.54, 1.807) is 22.7 Å². The summed E-state index contributed by atoms with van der Waals surface area (Å²) in [6.07, 6.45) is 0. The van der Waals surface area contributed by atoms with Crippen LogP contribution in [-0.4, -0.2) is 21.9 Å². The lowest BCUT2D eigenvalue weighted by Crippen LogP contribution is -2.18. The number of rotatable bonds is 4. The summed E-state index contributed by atoms with van der Waals surface area (Å²) in [5.41, 5.74) is 0. The van der Waals surface area contributed by atoms with Crippen molar-refractivity contribution in [3.8, 4) is 0 Å². The molecule has 3 nitrogen and oxygen atoms in total. The average Bonchev–Trinajstić information content (AvgIpc) is 2.98. The normalized spacial score (nSPS) is 11.6. The minimum Gasteiger partial charge on any atom is -0.294 e. The zero-order valence-electron chi connectivity index (χ0n) is 10.6. The number of fused-ring (bicyclic) bond motifs is 1. The number of halogens is 2. The lowest BCUT2D eigenvalue weighted by atomic mass is 10.4. The van der Waals surface area contributed by atoms with Crippen LogP contribution in [0.5, 0.6) is 0 Å². The minimum absolute atomic E-state index is 0.540. The summed E-state index contributed by atoms with van der Waals surface area (Å²) in [6.45, 7) is 1.56. The molecule has 0 spiro atoms. The zero-order chi connectivity index (χ0) is 14.1. The SMILES string of the molecule is CN(Cc1nc(Cl)c2ccsc2n1)Cc1cc(Br)cs1. The topological polar surface area (TPSA) is 29.0 Å². The summed E-state index contributed by atoms with van der Waals surface area (Å²) in [4.78, 5) is 13.4. The van der Waals surface area contributed by atoms with Gasteiger partial charge in [-0.25, -0.2) is 9.97 Å². The second-order valence-electron chi connectivity index (χ2n) is 4.47. The second-order valence-corrected chi connectivity index (χ2v) is 7.64. The molecule has 0 saturated carbocycles. The van der Waals surface area contributed by atoms with Crippen LogP contribution in [0.4, 0.5) is 0 Å². The molecule has 3 rings (SSSR count). The lowest BCUT2D eigenvalue weighted by molar-refractivity contribution is 0.314. The molecule has 0 aliphatic rings. The van der Waals surface area contributed by atoms with E-state index in [1.165, 1.54) is 4.88 Å². The molecule has 7 heteroatoms. The number of thiophene rings is 2. The van der Waals surface area contributed by atoms with Crippen LogP contribution in [0.1, 0.15) is 10.7 Å². The van der Waals surface area contributed by atoms with Gasteiger partial charge in [0.1, 0.15) is 15.8 Å². The van der Waals surface area contributed by atoms with E-state index in [2.05, 4.69) is 49.3 Å². The van der Waals surface area contributed by atoms with E-state index in [0.29, 0.717) is 11.7 Å². The number of nitrogens with zero attached hydrogens (tertiary/aromatic N) is 3. The van der Waals surface area contributed by atoms with Gasteiger partial charge in [0.25, 0.3) is 0 Å². The summed E-state index contributed by atoms with van der Waals surface area (Å²) in [5.74, 6) is 0.767. The maximum atomic E-state index is 6.18. The molecule has 3 aromatic rings. The van der Waals surface area contributed by atoms with E-state index in [1.807, 2.05) is 11.4 Å². The van der Waals surface area contributed by atoms with Gasteiger partial charge in [-0.2, -0.15) is 0 Å². The van der Waals surface area contributed by atoms with Crippen LogP contribution in [0, 0.1) is 0 Å². The Morgan fingerprint density at radius 1 is 1.30 bits per heavy atom. The molecular formula is C13H11BrClN3S2. The number of hydrogen-bond acceptors (Lipinski definition) is 5. The first-order valence-electron chi connectivity index (χ1n) is 5.93. The maximum Gasteiger partial charge on any atom is 0.145 e. The Hall–Kier alpha value is -0.530. The molecule has 0 bridgehead atoms. The first kappa shape index (κ1) is 14.4. The van der Waals surface area contributed by atoms with Crippen molar-refractivity contribution in [2.75, 3.05) is 7.05 Å². The van der Waals surface area contributed by atoms with Gasteiger partial charge in [-0.1, -0.05) is 11.6 Å². The fraction of sp³-hybridized carbons (Fsp3) is 0.231. The second kappa shape index (κ2) is 6.07. The molecule has 3 heterocycles. The van der Waals surface area contributed by atoms with Gasteiger partial charge in [0.2, 0.25) is 0 Å². The molecule has 0 unspecified atom stereocenters. The molecular weight excluding hydrogens is 378 g/mol. The van der Waals surface area contributed by atoms with Gasteiger partial charge in [-0.15, -0.1) is 22.7 Å². The molecule has 0 saturated heterocycles. The first-order chi connectivity index (χ1) is 9.61. The summed E-state index contributed by atoms with van der Waals surface area (Å²) < 4.78 is 1.13. The first-order valence-corrected chi connectivity index (χ1v) is 8.86. The third kappa shape index (κ3) is 3.20. The van der Waals surface area contributed by atoms with E-state index in [0.717, 1.165) is 27.1 Å². The van der Waals surface area contributed by atoms with Gasteiger partial charge < -0.3 is 0 Å². The van der Waals surface area contributed by atoms with Gasteiger partial charge in [0.15, 0.2) is 0 Å². The maximum absolute atomic E-state index is 6.18. The highest BCUT2D eigenvalue weighted by Crippen LogP contribution is 2.25. The average molecular weight is 389 g/mol. The fourth-order valence-corrected chi connectivity index (χ4v) is 4.55. The van der Waals surface area contributed by atoms with Crippen LogP contribution in [0.3, 0.4) is 0 Å². The number of hydrogen-bond donors (Lipinski definition) is 0. The molecule has 0 fully saturated rings. The van der Waals surface area contributed by atoms with Crippen LogP contribution in [0.25, 0.3) is 10.2 Å². The molecule has 0 amide bonds. The van der Waals surface area contributed by atoms with Crippen molar-refractivity contribution in [3.63, 3.8) is 0 Å². The fourth-order valence-electron chi connectivity index (χ4n) is 1.93. The zero-order valence-corrected chi connectivity index (χ0v) is 14.6. The quantitative estimate of drug-likeness (QED) is 0.601. The molecule has 0 radical (unpaired) electrons. The molecule has 0 atom stereocenters. The highest BCUT2D eigenvalue weighted by molar-refractivity contribution is 9.10. The van der Waals surface area contributed by atoms with E-state index in [4.69, 9.17) is 11.6 Å². The molecule has 3 aromatic heterocycles. The Morgan fingerprint density at radius 3 is 2.90 bits per heavy atom. The van der Waals surface area contributed by atoms with Gasteiger partial charge >= 0.3 is 0 Å². The Bertz CT molecular complexity index is 740. The molecule has 0 aromatic carbocycles. The molecule has 0 aliphatic heterocycles. The lowest BCUT2D eigenvalue weighted by Gasteiger charge is -2.14. The van der Waals surface area contributed by atoms with E-state index >= 15 is 0 Å². The van der Waals surface area contributed by atoms with Crippen molar-refractivity contribution >= 4 is 60.4 Å². The van der Waals surface area contributed by atoms with E-state index in [-0.39, 0.29) is 0 Å². The van der Waals surface area contributed by atoms with Crippen molar-refractivity contribution in [1.29, 1.82) is 0 Å². The van der Waals surface area contributed by atoms with Crippen LogP contribution in [0.15, 0.2) is 27.4 Å².